The van der Waals surface area contributed by atoms with E-state index < -0.39 is 16.6 Å². The molecule has 0 fully saturated rings. The normalized spacial score (nSPS) is 14.3. The molecule has 0 saturated carbocycles. The molecule has 40 heavy (non-hydrogen) atoms. The number of hydrogen-bond acceptors (Lipinski definition) is 3. The predicted molar refractivity (Wildman–Crippen MR) is 185 cm³/mol. The molecule has 0 saturated heterocycles. The monoisotopic (exact) mass is 599 g/mol. The van der Waals surface area contributed by atoms with E-state index in [2.05, 4.69) is 54.5 Å². The largest absolute Gasteiger partial charge is 0.411 e. The summed E-state index contributed by atoms with van der Waals surface area (Å²) in [7, 11) is -3.50. The molecule has 0 aliphatic carbocycles. The van der Waals surface area contributed by atoms with Crippen LogP contribution in [0.3, 0.4) is 0 Å². The Balaban J connectivity index is 4.84. The van der Waals surface area contributed by atoms with Crippen molar-refractivity contribution >= 4 is 16.6 Å². The van der Waals surface area contributed by atoms with Crippen LogP contribution in [0.15, 0.2) is 12.2 Å². The van der Waals surface area contributed by atoms with Crippen LogP contribution < -0.4 is 0 Å². The van der Waals surface area contributed by atoms with E-state index in [4.69, 9.17) is 8.85 Å². The first-order valence-electron chi connectivity index (χ1n) is 18.1. The molecular formula is C35H74O3Si2. The molecule has 0 bridgehead atoms. The van der Waals surface area contributed by atoms with Crippen LogP contribution in [0, 0.1) is 0 Å². The van der Waals surface area contributed by atoms with Gasteiger partial charge in [0, 0.05) is 0 Å². The van der Waals surface area contributed by atoms with Crippen LogP contribution in [0.4, 0.5) is 0 Å². The molecule has 0 aromatic rings. The van der Waals surface area contributed by atoms with Gasteiger partial charge in [-0.3, -0.25) is 0 Å². The molecule has 2 atom stereocenters. The minimum Gasteiger partial charge on any atom is -0.411 e. The van der Waals surface area contributed by atoms with Crippen LogP contribution in [0.25, 0.3) is 0 Å². The van der Waals surface area contributed by atoms with Gasteiger partial charge in [0.1, 0.15) is 0 Å². The molecule has 1 N–H and O–H groups in total. The van der Waals surface area contributed by atoms with Gasteiger partial charge < -0.3 is 14.0 Å². The van der Waals surface area contributed by atoms with Gasteiger partial charge in [0.25, 0.3) is 0 Å². The highest BCUT2D eigenvalue weighted by atomic mass is 28.4. The highest BCUT2D eigenvalue weighted by Crippen LogP contribution is 2.32. The molecular weight excluding hydrogens is 525 g/mol. The summed E-state index contributed by atoms with van der Waals surface area (Å²) in [6, 6.07) is 7.07. The summed E-state index contributed by atoms with van der Waals surface area (Å²) in [6.45, 7) is 16.4. The van der Waals surface area contributed by atoms with Gasteiger partial charge in [0.05, 0.1) is 18.8 Å². The Morgan fingerprint density at radius 2 is 0.825 bits per heavy atom. The lowest BCUT2D eigenvalue weighted by atomic mass is 10.0. The van der Waals surface area contributed by atoms with Crippen LogP contribution in [0.5, 0.6) is 0 Å². The van der Waals surface area contributed by atoms with E-state index in [1.54, 1.807) is 0 Å². The SMILES string of the molecule is CCCCCCCCCCCCCCCCC[C@H](O[Si](CC)(CC)CC)[C@H](C/C=C/CO)O[Si](CC)(CC)CC. The van der Waals surface area contributed by atoms with Crippen LogP contribution in [-0.4, -0.2) is 40.6 Å². The van der Waals surface area contributed by atoms with Crippen molar-refractivity contribution in [3.63, 3.8) is 0 Å². The molecule has 0 amide bonds. The Hall–Kier alpha value is 0.0538. The van der Waals surface area contributed by atoms with Gasteiger partial charge in [-0.2, -0.15) is 0 Å². The zero-order valence-corrected chi connectivity index (χ0v) is 30.5. The second kappa shape index (κ2) is 26.7. The van der Waals surface area contributed by atoms with Gasteiger partial charge >= 0.3 is 0 Å². The molecule has 5 heteroatoms. The van der Waals surface area contributed by atoms with E-state index in [9.17, 15) is 5.11 Å². The summed E-state index contributed by atoms with van der Waals surface area (Å²) in [5, 5.41) is 9.40. The summed E-state index contributed by atoms with van der Waals surface area (Å²) >= 11 is 0. The quantitative estimate of drug-likeness (QED) is 0.0507. The van der Waals surface area contributed by atoms with Crippen molar-refractivity contribution in [2.45, 2.75) is 206 Å². The lowest BCUT2D eigenvalue weighted by Crippen LogP contribution is -2.49. The highest BCUT2D eigenvalue weighted by Gasteiger charge is 2.39. The number of unbranched alkanes of at least 4 members (excludes halogenated alkanes) is 14. The Morgan fingerprint density at radius 1 is 0.475 bits per heavy atom. The molecule has 240 valence electrons. The summed E-state index contributed by atoms with van der Waals surface area (Å²) in [4.78, 5) is 0. The van der Waals surface area contributed by atoms with Gasteiger partial charge in [-0.1, -0.05) is 157 Å². The first kappa shape index (κ1) is 40.1. The lowest BCUT2D eigenvalue weighted by Gasteiger charge is -2.41. The van der Waals surface area contributed by atoms with Gasteiger partial charge in [-0.25, -0.2) is 0 Å². The number of rotatable bonds is 30. The zero-order chi connectivity index (χ0) is 30.0. The number of aliphatic hydroxyl groups excluding tert-OH is 1. The van der Waals surface area contributed by atoms with Gasteiger partial charge in [-0.15, -0.1) is 0 Å². The van der Waals surface area contributed by atoms with Crippen molar-refractivity contribution in [3.8, 4) is 0 Å². The predicted octanol–water partition coefficient (Wildman–Crippen LogP) is 12.0. The summed E-state index contributed by atoms with van der Waals surface area (Å²) in [6.07, 6.45) is 27.3. The van der Waals surface area contributed by atoms with Crippen molar-refractivity contribution in [2.75, 3.05) is 6.61 Å². The van der Waals surface area contributed by atoms with Gasteiger partial charge in [0.2, 0.25) is 0 Å². The van der Waals surface area contributed by atoms with Crippen molar-refractivity contribution in [1.29, 1.82) is 0 Å². The molecule has 0 radical (unpaired) electrons. The van der Waals surface area contributed by atoms with Crippen LogP contribution in [0.1, 0.15) is 158 Å². The smallest absolute Gasteiger partial charge is 0.192 e. The molecule has 0 aliphatic rings. The maximum absolute atomic E-state index is 9.40. The molecule has 0 heterocycles. The van der Waals surface area contributed by atoms with E-state index >= 15 is 0 Å². The van der Waals surface area contributed by atoms with Crippen molar-refractivity contribution < 1.29 is 14.0 Å². The molecule has 0 aromatic carbocycles. The minimum atomic E-state index is -1.76. The number of aliphatic hydroxyl groups is 1. The Labute approximate surface area is 254 Å². The second-order valence-electron chi connectivity index (χ2n) is 12.4. The van der Waals surface area contributed by atoms with Crippen LogP contribution in [0.2, 0.25) is 36.3 Å². The van der Waals surface area contributed by atoms with Crippen molar-refractivity contribution in [3.05, 3.63) is 12.2 Å². The van der Waals surface area contributed by atoms with Crippen molar-refractivity contribution in [1.82, 2.24) is 0 Å². The fourth-order valence-corrected chi connectivity index (χ4v) is 12.1. The average molecular weight is 599 g/mol. The van der Waals surface area contributed by atoms with Gasteiger partial charge in [0.15, 0.2) is 16.6 Å². The molecule has 0 spiro atoms. The van der Waals surface area contributed by atoms with Crippen LogP contribution in [-0.2, 0) is 8.85 Å². The minimum absolute atomic E-state index is 0.104. The molecule has 0 aromatic heterocycles. The van der Waals surface area contributed by atoms with E-state index in [-0.39, 0.29) is 18.8 Å². The third-order valence-electron chi connectivity index (χ3n) is 9.82. The summed E-state index contributed by atoms with van der Waals surface area (Å²) < 4.78 is 14.4. The summed E-state index contributed by atoms with van der Waals surface area (Å²) in [5.41, 5.74) is 0. The first-order valence-corrected chi connectivity index (χ1v) is 23.1. The fourth-order valence-electron chi connectivity index (χ4n) is 6.26. The fraction of sp³-hybridized carbons (Fsp3) is 0.943. The van der Waals surface area contributed by atoms with Crippen molar-refractivity contribution in [2.24, 2.45) is 0 Å². The van der Waals surface area contributed by atoms with E-state index in [0.717, 1.165) is 12.8 Å². The maximum atomic E-state index is 9.40. The Bertz CT molecular complexity index is 544. The van der Waals surface area contributed by atoms with Crippen LogP contribution >= 0.6 is 0 Å². The van der Waals surface area contributed by atoms with E-state index in [0.29, 0.717) is 0 Å². The number of hydrogen-bond donors (Lipinski definition) is 1. The molecule has 0 aliphatic heterocycles. The van der Waals surface area contributed by atoms with E-state index in [1.165, 1.54) is 133 Å². The second-order valence-corrected chi connectivity index (χ2v) is 21.9. The Morgan fingerprint density at radius 3 is 1.18 bits per heavy atom. The Kier molecular flexibility index (Phi) is 26.7. The molecule has 3 nitrogen and oxygen atoms in total. The highest BCUT2D eigenvalue weighted by molar-refractivity contribution is 6.74. The topological polar surface area (TPSA) is 38.7 Å². The average Bonchev–Trinajstić information content (AvgIpc) is 2.99. The molecule has 0 unspecified atom stereocenters. The molecule has 0 rings (SSSR count). The van der Waals surface area contributed by atoms with E-state index in [1.807, 2.05) is 6.08 Å². The third-order valence-corrected chi connectivity index (χ3v) is 19.2. The third kappa shape index (κ3) is 17.9. The van der Waals surface area contributed by atoms with Gasteiger partial charge in [-0.05, 0) is 49.1 Å². The lowest BCUT2D eigenvalue weighted by molar-refractivity contribution is 0.0334. The standard InChI is InChI=1S/C35H74O3Si2/c1-8-15-16-17-18-19-20-21-22-23-24-25-26-27-28-31-34(37-39(9-2,10-3)11-4)35(32-29-30-33-36)38-40(12-5,13-6)14-7/h29-30,34-36H,8-28,31-33H2,1-7H3/b30-29+/t34-,35-/m0/s1. The summed E-state index contributed by atoms with van der Waals surface area (Å²) in [5.74, 6) is 0. The maximum Gasteiger partial charge on any atom is 0.192 e. The zero-order valence-electron chi connectivity index (χ0n) is 28.5. The first-order chi connectivity index (χ1) is 19.5.